The fourth-order valence-electron chi connectivity index (χ4n) is 2.52. The van der Waals surface area contributed by atoms with Crippen LogP contribution >= 0.6 is 0 Å². The summed E-state index contributed by atoms with van der Waals surface area (Å²) in [5.74, 6) is 0. The third-order valence-corrected chi connectivity index (χ3v) is 4.40. The first-order valence-corrected chi connectivity index (χ1v) is 7.01. The highest BCUT2D eigenvalue weighted by Crippen LogP contribution is 2.37. The smallest absolute Gasteiger partial charge is 0.399 e. The molecule has 3 rings (SSSR count). The van der Waals surface area contributed by atoms with E-state index in [2.05, 4.69) is 57.8 Å². The van der Waals surface area contributed by atoms with Gasteiger partial charge in [-0.2, -0.15) is 0 Å². The Bertz CT molecular complexity index is 651. The van der Waals surface area contributed by atoms with E-state index in [-0.39, 0.29) is 18.3 Å². The monoisotopic (exact) mass is 269 g/mol. The van der Waals surface area contributed by atoms with Gasteiger partial charge in [-0.15, -0.1) is 0 Å². The molecule has 1 aliphatic heterocycles. The molecule has 0 amide bonds. The summed E-state index contributed by atoms with van der Waals surface area (Å²) in [6.07, 6.45) is 1.82. The Kier molecular flexibility index (Phi) is 2.92. The third kappa shape index (κ3) is 2.04. The van der Waals surface area contributed by atoms with E-state index in [1.165, 1.54) is 5.56 Å². The molecule has 0 saturated carbocycles. The van der Waals surface area contributed by atoms with E-state index in [4.69, 9.17) is 9.31 Å². The zero-order valence-corrected chi connectivity index (χ0v) is 12.7. The fraction of sp³-hybridized carbons (Fsp3) is 0.438. The van der Waals surface area contributed by atoms with Crippen molar-refractivity contribution < 1.29 is 9.31 Å². The Morgan fingerprint density at radius 1 is 1.05 bits per heavy atom. The van der Waals surface area contributed by atoms with Crippen LogP contribution in [0, 0.1) is 6.92 Å². The third-order valence-electron chi connectivity index (χ3n) is 4.40. The van der Waals surface area contributed by atoms with Crippen LogP contribution in [0.5, 0.6) is 0 Å². The zero-order chi connectivity index (χ0) is 14.5. The van der Waals surface area contributed by atoms with E-state index in [0.29, 0.717) is 0 Å². The maximum absolute atomic E-state index is 6.16. The van der Waals surface area contributed by atoms with Crippen LogP contribution in [0.15, 0.2) is 30.5 Å². The van der Waals surface area contributed by atoms with Crippen molar-refractivity contribution in [2.24, 2.45) is 0 Å². The molecule has 1 aromatic carbocycles. The van der Waals surface area contributed by atoms with Gasteiger partial charge in [-0.25, -0.2) is 0 Å². The maximum atomic E-state index is 6.16. The van der Waals surface area contributed by atoms with Crippen molar-refractivity contribution >= 4 is 23.5 Å². The lowest BCUT2D eigenvalue weighted by Gasteiger charge is -2.32. The molecule has 1 fully saturated rings. The lowest BCUT2D eigenvalue weighted by molar-refractivity contribution is 0.00578. The molecule has 0 atom stereocenters. The predicted octanol–water partition coefficient (Wildman–Crippen LogP) is 2.84. The standard InChI is InChI=1S/C16H20BNO2/c1-11-9-13(12-7-6-8-18-14(12)10-11)17-19-15(2,3)16(4,5)20-17/h6-10H,1-5H3. The van der Waals surface area contributed by atoms with Gasteiger partial charge in [0.25, 0.3) is 0 Å². The Hall–Kier alpha value is -1.39. The number of aryl methyl sites for hydroxylation is 1. The van der Waals surface area contributed by atoms with Crippen LogP contribution in [-0.2, 0) is 9.31 Å². The Labute approximate surface area is 120 Å². The molecule has 2 heterocycles. The van der Waals surface area contributed by atoms with E-state index in [1.807, 2.05) is 12.3 Å². The van der Waals surface area contributed by atoms with Crippen LogP contribution in [0.2, 0.25) is 0 Å². The van der Waals surface area contributed by atoms with Gasteiger partial charge < -0.3 is 9.31 Å². The summed E-state index contributed by atoms with van der Waals surface area (Å²) >= 11 is 0. The number of hydrogen-bond acceptors (Lipinski definition) is 3. The number of fused-ring (bicyclic) bond motifs is 1. The van der Waals surface area contributed by atoms with Gasteiger partial charge in [-0.3, -0.25) is 4.98 Å². The normalized spacial score (nSPS) is 20.6. The van der Waals surface area contributed by atoms with Crippen LogP contribution in [0.3, 0.4) is 0 Å². The van der Waals surface area contributed by atoms with Gasteiger partial charge in [0.1, 0.15) is 0 Å². The fourth-order valence-corrected chi connectivity index (χ4v) is 2.52. The summed E-state index contributed by atoms with van der Waals surface area (Å²) in [7, 11) is -0.341. The Morgan fingerprint density at radius 2 is 1.70 bits per heavy atom. The molecule has 0 spiro atoms. The van der Waals surface area contributed by atoms with E-state index < -0.39 is 0 Å². The summed E-state index contributed by atoms with van der Waals surface area (Å²) < 4.78 is 12.3. The first kappa shape index (κ1) is 13.6. The highest BCUT2D eigenvalue weighted by atomic mass is 16.7. The van der Waals surface area contributed by atoms with Crippen molar-refractivity contribution in [1.29, 1.82) is 0 Å². The number of aromatic nitrogens is 1. The first-order valence-electron chi connectivity index (χ1n) is 7.01. The molecule has 1 aliphatic rings. The van der Waals surface area contributed by atoms with Crippen LogP contribution in [-0.4, -0.2) is 23.3 Å². The van der Waals surface area contributed by atoms with Gasteiger partial charge in [0.2, 0.25) is 0 Å². The largest absolute Gasteiger partial charge is 0.495 e. The zero-order valence-electron chi connectivity index (χ0n) is 12.7. The second-order valence-corrected chi connectivity index (χ2v) is 6.51. The molecule has 1 saturated heterocycles. The quantitative estimate of drug-likeness (QED) is 0.746. The molecule has 0 aliphatic carbocycles. The summed E-state index contributed by atoms with van der Waals surface area (Å²) in [4.78, 5) is 4.44. The number of nitrogens with zero attached hydrogens (tertiary/aromatic N) is 1. The molecule has 2 aromatic rings. The number of hydrogen-bond donors (Lipinski definition) is 0. The van der Waals surface area contributed by atoms with Gasteiger partial charge in [0.05, 0.1) is 16.7 Å². The minimum absolute atomic E-state index is 0.323. The molecular formula is C16H20BNO2. The van der Waals surface area contributed by atoms with Crippen LogP contribution in [0.4, 0.5) is 0 Å². The van der Waals surface area contributed by atoms with Gasteiger partial charge in [-0.1, -0.05) is 12.1 Å². The number of rotatable bonds is 1. The van der Waals surface area contributed by atoms with Gasteiger partial charge in [0, 0.05) is 6.20 Å². The summed E-state index contributed by atoms with van der Waals surface area (Å²) in [5, 5.41) is 1.09. The molecule has 1 aromatic heterocycles. The topological polar surface area (TPSA) is 31.4 Å². The summed E-state index contributed by atoms with van der Waals surface area (Å²) in [6, 6.07) is 8.24. The lowest BCUT2D eigenvalue weighted by Crippen LogP contribution is -2.41. The van der Waals surface area contributed by atoms with E-state index in [1.54, 1.807) is 0 Å². The Morgan fingerprint density at radius 3 is 2.35 bits per heavy atom. The van der Waals surface area contributed by atoms with Crippen molar-refractivity contribution in [1.82, 2.24) is 4.98 Å². The van der Waals surface area contributed by atoms with Crippen LogP contribution < -0.4 is 5.46 Å². The van der Waals surface area contributed by atoms with Gasteiger partial charge >= 0.3 is 7.12 Å². The predicted molar refractivity (Wildman–Crippen MR) is 82.2 cm³/mol. The second kappa shape index (κ2) is 4.30. The lowest BCUT2D eigenvalue weighted by atomic mass is 9.76. The Balaban J connectivity index is 2.12. The molecule has 104 valence electrons. The highest BCUT2D eigenvalue weighted by Gasteiger charge is 2.52. The van der Waals surface area contributed by atoms with E-state index in [9.17, 15) is 0 Å². The van der Waals surface area contributed by atoms with Gasteiger partial charge in [0.15, 0.2) is 0 Å². The minimum atomic E-state index is -0.341. The first-order chi connectivity index (χ1) is 9.30. The molecular weight excluding hydrogens is 249 g/mol. The van der Waals surface area contributed by atoms with Crippen molar-refractivity contribution in [3.63, 3.8) is 0 Å². The van der Waals surface area contributed by atoms with E-state index >= 15 is 0 Å². The van der Waals surface area contributed by atoms with Crippen molar-refractivity contribution in [2.75, 3.05) is 0 Å². The summed E-state index contributed by atoms with van der Waals surface area (Å²) in [5.41, 5.74) is 2.57. The van der Waals surface area contributed by atoms with Crippen molar-refractivity contribution in [2.45, 2.75) is 45.8 Å². The average molecular weight is 269 g/mol. The highest BCUT2D eigenvalue weighted by molar-refractivity contribution is 6.65. The van der Waals surface area contributed by atoms with Crippen LogP contribution in [0.25, 0.3) is 10.9 Å². The molecule has 0 radical (unpaired) electrons. The average Bonchev–Trinajstić information content (AvgIpc) is 2.57. The number of benzene rings is 1. The molecule has 0 bridgehead atoms. The molecule has 3 nitrogen and oxygen atoms in total. The van der Waals surface area contributed by atoms with Crippen molar-refractivity contribution in [3.8, 4) is 0 Å². The van der Waals surface area contributed by atoms with E-state index in [0.717, 1.165) is 16.4 Å². The second-order valence-electron chi connectivity index (χ2n) is 6.51. The molecule has 0 unspecified atom stereocenters. The number of pyridine rings is 1. The molecule has 0 N–H and O–H groups in total. The molecule has 20 heavy (non-hydrogen) atoms. The van der Waals surface area contributed by atoms with Crippen molar-refractivity contribution in [3.05, 3.63) is 36.0 Å². The minimum Gasteiger partial charge on any atom is -0.399 e. The van der Waals surface area contributed by atoms with Crippen LogP contribution in [0.1, 0.15) is 33.3 Å². The van der Waals surface area contributed by atoms with Gasteiger partial charge in [-0.05, 0) is 63.2 Å². The summed E-state index contributed by atoms with van der Waals surface area (Å²) in [6.45, 7) is 10.4. The SMILES string of the molecule is Cc1cc(B2OC(C)(C)C(C)(C)O2)c2cccnc2c1. The maximum Gasteiger partial charge on any atom is 0.495 e. The molecule has 4 heteroatoms.